The fourth-order valence-corrected chi connectivity index (χ4v) is 2.60. The van der Waals surface area contributed by atoms with Gasteiger partial charge in [-0.05, 0) is 45.2 Å². The fraction of sp³-hybridized carbons (Fsp3) is 0.667. The smallest absolute Gasteiger partial charge is 0.410 e. The summed E-state index contributed by atoms with van der Waals surface area (Å²) in [5, 5.41) is 0.386. The number of carbonyl (C=O) groups excluding carboxylic acids is 1. The van der Waals surface area contributed by atoms with Crippen LogP contribution >= 0.6 is 23.2 Å². The number of piperidine rings is 1. The SMILES string of the molecule is CC(C)(C)OC(=O)N1CCCC(OCc2cnc(Cl)nc2Cl)C1. The Labute approximate surface area is 146 Å². The first-order valence-electron chi connectivity index (χ1n) is 7.51. The first-order valence-corrected chi connectivity index (χ1v) is 8.26. The Morgan fingerprint density at radius 3 is 2.83 bits per heavy atom. The van der Waals surface area contributed by atoms with Gasteiger partial charge in [0.05, 0.1) is 19.3 Å². The van der Waals surface area contributed by atoms with Crippen LogP contribution in [-0.4, -0.2) is 45.8 Å². The van der Waals surface area contributed by atoms with Crippen molar-refractivity contribution in [1.29, 1.82) is 0 Å². The second-order valence-corrected chi connectivity index (χ2v) is 7.15. The predicted octanol–water partition coefficient (Wildman–Crippen LogP) is 3.70. The van der Waals surface area contributed by atoms with Gasteiger partial charge >= 0.3 is 6.09 Å². The van der Waals surface area contributed by atoms with Crippen molar-refractivity contribution in [3.63, 3.8) is 0 Å². The lowest BCUT2D eigenvalue weighted by Crippen LogP contribution is -2.45. The lowest BCUT2D eigenvalue weighted by molar-refractivity contribution is -0.0259. The third-order valence-corrected chi connectivity index (χ3v) is 3.80. The van der Waals surface area contributed by atoms with Crippen molar-refractivity contribution in [1.82, 2.24) is 14.9 Å². The van der Waals surface area contributed by atoms with Crippen molar-refractivity contribution in [3.05, 3.63) is 22.2 Å². The summed E-state index contributed by atoms with van der Waals surface area (Å²) >= 11 is 11.7. The van der Waals surface area contributed by atoms with E-state index in [-0.39, 0.29) is 29.2 Å². The van der Waals surface area contributed by atoms with Gasteiger partial charge < -0.3 is 14.4 Å². The van der Waals surface area contributed by atoms with Crippen molar-refractivity contribution in [3.8, 4) is 0 Å². The Morgan fingerprint density at radius 1 is 1.43 bits per heavy atom. The van der Waals surface area contributed by atoms with Crippen LogP contribution in [0, 0.1) is 0 Å². The number of nitrogens with zero attached hydrogens (tertiary/aromatic N) is 3. The van der Waals surface area contributed by atoms with Crippen LogP contribution in [0.4, 0.5) is 4.79 Å². The molecule has 2 rings (SSSR count). The maximum absolute atomic E-state index is 12.1. The lowest BCUT2D eigenvalue weighted by atomic mass is 10.1. The summed E-state index contributed by atoms with van der Waals surface area (Å²) in [6, 6.07) is 0. The quantitative estimate of drug-likeness (QED) is 0.606. The van der Waals surface area contributed by atoms with E-state index in [0.717, 1.165) is 12.8 Å². The number of likely N-dealkylation sites (tertiary alicyclic amines) is 1. The molecule has 1 saturated heterocycles. The predicted molar refractivity (Wildman–Crippen MR) is 87.7 cm³/mol. The highest BCUT2D eigenvalue weighted by atomic mass is 35.5. The molecular formula is C15H21Cl2N3O3. The molecule has 0 bridgehead atoms. The summed E-state index contributed by atoms with van der Waals surface area (Å²) in [5.41, 5.74) is 0.171. The Hall–Kier alpha value is -1.11. The van der Waals surface area contributed by atoms with E-state index in [9.17, 15) is 4.79 Å². The highest BCUT2D eigenvalue weighted by Gasteiger charge is 2.28. The molecule has 1 amide bonds. The van der Waals surface area contributed by atoms with E-state index in [1.165, 1.54) is 0 Å². The second kappa shape index (κ2) is 7.64. The molecule has 128 valence electrons. The number of rotatable bonds is 3. The molecule has 0 aliphatic carbocycles. The Morgan fingerprint density at radius 2 is 2.17 bits per heavy atom. The normalized spacial score (nSPS) is 18.8. The van der Waals surface area contributed by atoms with E-state index in [2.05, 4.69) is 9.97 Å². The monoisotopic (exact) mass is 361 g/mol. The summed E-state index contributed by atoms with van der Waals surface area (Å²) < 4.78 is 11.2. The zero-order valence-electron chi connectivity index (χ0n) is 13.5. The summed E-state index contributed by atoms with van der Waals surface area (Å²) in [6.45, 7) is 7.02. The van der Waals surface area contributed by atoms with Gasteiger partial charge in [0, 0.05) is 18.3 Å². The number of aromatic nitrogens is 2. The van der Waals surface area contributed by atoms with E-state index in [1.54, 1.807) is 11.1 Å². The van der Waals surface area contributed by atoms with Gasteiger partial charge in [-0.15, -0.1) is 0 Å². The van der Waals surface area contributed by atoms with Gasteiger partial charge in [-0.2, -0.15) is 0 Å². The number of halogens is 2. The molecule has 23 heavy (non-hydrogen) atoms. The molecular weight excluding hydrogens is 341 g/mol. The molecule has 0 saturated carbocycles. The highest BCUT2D eigenvalue weighted by molar-refractivity contribution is 6.32. The van der Waals surface area contributed by atoms with Gasteiger partial charge in [0.25, 0.3) is 0 Å². The summed E-state index contributed by atoms with van der Waals surface area (Å²) in [7, 11) is 0. The topological polar surface area (TPSA) is 64.5 Å². The second-order valence-electron chi connectivity index (χ2n) is 6.46. The average Bonchev–Trinajstić information content (AvgIpc) is 2.45. The first kappa shape index (κ1) is 18.2. The van der Waals surface area contributed by atoms with E-state index >= 15 is 0 Å². The van der Waals surface area contributed by atoms with Crippen molar-refractivity contribution < 1.29 is 14.3 Å². The van der Waals surface area contributed by atoms with Crippen molar-refractivity contribution >= 4 is 29.3 Å². The van der Waals surface area contributed by atoms with Crippen LogP contribution in [0.5, 0.6) is 0 Å². The van der Waals surface area contributed by atoms with Crippen LogP contribution in [0.3, 0.4) is 0 Å². The number of amides is 1. The van der Waals surface area contributed by atoms with Crippen LogP contribution in [0.25, 0.3) is 0 Å². The lowest BCUT2D eigenvalue weighted by Gasteiger charge is -2.34. The molecule has 0 aromatic carbocycles. The molecule has 0 N–H and O–H groups in total. The van der Waals surface area contributed by atoms with Crippen molar-refractivity contribution in [2.24, 2.45) is 0 Å². The molecule has 8 heteroatoms. The fourth-order valence-electron chi connectivity index (χ4n) is 2.24. The minimum Gasteiger partial charge on any atom is -0.444 e. The van der Waals surface area contributed by atoms with Crippen LogP contribution in [-0.2, 0) is 16.1 Å². The van der Waals surface area contributed by atoms with E-state index < -0.39 is 5.60 Å². The zero-order chi connectivity index (χ0) is 17.0. The first-order chi connectivity index (χ1) is 10.7. The van der Waals surface area contributed by atoms with Gasteiger partial charge in [-0.25, -0.2) is 14.8 Å². The number of carbonyl (C=O) groups is 1. The van der Waals surface area contributed by atoms with Crippen LogP contribution in [0.15, 0.2) is 6.20 Å². The maximum Gasteiger partial charge on any atom is 0.410 e. The maximum atomic E-state index is 12.1. The third-order valence-electron chi connectivity index (χ3n) is 3.29. The van der Waals surface area contributed by atoms with Gasteiger partial charge in [0.2, 0.25) is 5.28 Å². The molecule has 0 spiro atoms. The minimum absolute atomic E-state index is 0.0667. The Balaban J connectivity index is 1.87. The third kappa shape index (κ3) is 5.79. The molecule has 1 aromatic heterocycles. The van der Waals surface area contributed by atoms with E-state index in [1.807, 2.05) is 20.8 Å². The molecule has 1 atom stereocenters. The molecule has 1 aromatic rings. The number of hydrogen-bond donors (Lipinski definition) is 0. The largest absolute Gasteiger partial charge is 0.444 e. The van der Waals surface area contributed by atoms with Crippen LogP contribution in [0.1, 0.15) is 39.2 Å². The minimum atomic E-state index is -0.501. The molecule has 1 unspecified atom stereocenters. The Kier molecular flexibility index (Phi) is 6.06. The zero-order valence-corrected chi connectivity index (χ0v) is 15.0. The number of hydrogen-bond acceptors (Lipinski definition) is 5. The van der Waals surface area contributed by atoms with Gasteiger partial charge in [-0.1, -0.05) is 11.6 Å². The van der Waals surface area contributed by atoms with Crippen LogP contribution < -0.4 is 0 Å². The molecule has 6 nitrogen and oxygen atoms in total. The van der Waals surface area contributed by atoms with E-state index in [0.29, 0.717) is 18.7 Å². The standard InChI is InChI=1S/C15H21Cl2N3O3/c1-15(2,3)23-14(21)20-6-4-5-11(8-20)22-9-10-7-18-13(17)19-12(10)16/h7,11H,4-6,8-9H2,1-3H3. The van der Waals surface area contributed by atoms with Gasteiger partial charge in [0.15, 0.2) is 0 Å². The number of ether oxygens (including phenoxy) is 2. The molecule has 1 aliphatic rings. The molecule has 0 radical (unpaired) electrons. The average molecular weight is 362 g/mol. The summed E-state index contributed by atoms with van der Waals surface area (Å²) in [5.74, 6) is 0. The van der Waals surface area contributed by atoms with Crippen molar-refractivity contribution in [2.75, 3.05) is 13.1 Å². The van der Waals surface area contributed by atoms with Crippen LogP contribution in [0.2, 0.25) is 10.4 Å². The van der Waals surface area contributed by atoms with Gasteiger partial charge in [-0.3, -0.25) is 0 Å². The Bertz CT molecular complexity index is 563. The summed E-state index contributed by atoms with van der Waals surface area (Å²) in [4.78, 5) is 21.6. The highest BCUT2D eigenvalue weighted by Crippen LogP contribution is 2.20. The van der Waals surface area contributed by atoms with Gasteiger partial charge in [0.1, 0.15) is 10.8 Å². The van der Waals surface area contributed by atoms with Crippen molar-refractivity contribution in [2.45, 2.75) is 51.9 Å². The molecule has 1 aliphatic heterocycles. The summed E-state index contributed by atoms with van der Waals surface area (Å²) in [6.07, 6.45) is 2.92. The molecule has 2 heterocycles. The van der Waals surface area contributed by atoms with E-state index in [4.69, 9.17) is 32.7 Å². The molecule has 1 fully saturated rings.